The molecule has 0 spiro atoms. The standard InChI is InChI=1S/C7H8NO2S/c1-6-4-2-3-5-7(6)11(8,9)10/h2-3,5H,1H3,(H2,8,9,10). The van der Waals surface area contributed by atoms with Crippen LogP contribution in [0.25, 0.3) is 0 Å². The molecule has 1 aromatic rings. The van der Waals surface area contributed by atoms with E-state index in [9.17, 15) is 8.42 Å². The lowest BCUT2D eigenvalue weighted by Crippen LogP contribution is -2.13. The minimum absolute atomic E-state index is 0.139. The fourth-order valence-corrected chi connectivity index (χ4v) is 1.57. The number of sulfonamides is 1. The van der Waals surface area contributed by atoms with E-state index in [2.05, 4.69) is 6.07 Å². The SMILES string of the molecule is Cc1[c]cccc1S(N)(=O)=O. The van der Waals surface area contributed by atoms with Crippen molar-refractivity contribution in [2.24, 2.45) is 5.14 Å². The van der Waals surface area contributed by atoms with E-state index in [0.29, 0.717) is 5.56 Å². The molecule has 0 saturated heterocycles. The van der Waals surface area contributed by atoms with Crippen molar-refractivity contribution in [2.45, 2.75) is 11.8 Å². The summed E-state index contributed by atoms with van der Waals surface area (Å²) in [5, 5.41) is 4.91. The summed E-state index contributed by atoms with van der Waals surface area (Å²) in [6.07, 6.45) is 0. The van der Waals surface area contributed by atoms with Crippen LogP contribution in [-0.2, 0) is 10.0 Å². The zero-order valence-electron chi connectivity index (χ0n) is 6.03. The van der Waals surface area contributed by atoms with Gasteiger partial charge < -0.3 is 0 Å². The fourth-order valence-electron chi connectivity index (χ4n) is 0.813. The summed E-state index contributed by atoms with van der Waals surface area (Å²) in [7, 11) is -3.56. The smallest absolute Gasteiger partial charge is 0.225 e. The molecule has 11 heavy (non-hydrogen) atoms. The molecule has 0 bridgehead atoms. The molecule has 0 aliphatic heterocycles. The molecule has 59 valence electrons. The number of hydrogen-bond acceptors (Lipinski definition) is 2. The minimum Gasteiger partial charge on any atom is -0.225 e. The Labute approximate surface area is 65.9 Å². The fraction of sp³-hybridized carbons (Fsp3) is 0.143. The Balaban J connectivity index is 3.37. The molecular formula is C7H8NO2S. The summed E-state index contributed by atoms with van der Waals surface area (Å²) in [5.41, 5.74) is 0.551. The Hall–Kier alpha value is -0.870. The molecule has 0 amide bonds. The zero-order chi connectivity index (χ0) is 8.48. The van der Waals surface area contributed by atoms with Gasteiger partial charge in [-0.3, -0.25) is 0 Å². The van der Waals surface area contributed by atoms with E-state index in [1.807, 2.05) is 0 Å². The van der Waals surface area contributed by atoms with Crippen molar-refractivity contribution >= 4 is 10.0 Å². The summed E-state index contributed by atoms with van der Waals surface area (Å²) in [6, 6.07) is 7.44. The second-order valence-electron chi connectivity index (χ2n) is 2.20. The van der Waals surface area contributed by atoms with Crippen LogP contribution in [0.3, 0.4) is 0 Å². The Kier molecular flexibility index (Phi) is 1.97. The molecular weight excluding hydrogens is 162 g/mol. The Morgan fingerprint density at radius 1 is 1.55 bits per heavy atom. The molecule has 3 nitrogen and oxygen atoms in total. The van der Waals surface area contributed by atoms with Crippen molar-refractivity contribution in [1.82, 2.24) is 0 Å². The van der Waals surface area contributed by atoms with Gasteiger partial charge in [0.25, 0.3) is 0 Å². The van der Waals surface area contributed by atoms with Gasteiger partial charge in [-0.1, -0.05) is 12.1 Å². The second-order valence-corrected chi connectivity index (χ2v) is 3.73. The van der Waals surface area contributed by atoms with Crippen LogP contribution in [0.1, 0.15) is 5.56 Å². The quantitative estimate of drug-likeness (QED) is 0.665. The highest BCUT2D eigenvalue weighted by molar-refractivity contribution is 7.89. The maximum Gasteiger partial charge on any atom is 0.238 e. The van der Waals surface area contributed by atoms with Gasteiger partial charge in [-0.2, -0.15) is 0 Å². The molecule has 0 saturated carbocycles. The number of primary sulfonamides is 1. The molecule has 4 heteroatoms. The molecule has 0 heterocycles. The summed E-state index contributed by atoms with van der Waals surface area (Å²) < 4.78 is 21.6. The van der Waals surface area contributed by atoms with Gasteiger partial charge in [0.2, 0.25) is 10.0 Å². The molecule has 0 aromatic heterocycles. The number of benzene rings is 1. The normalized spacial score (nSPS) is 11.5. The van der Waals surface area contributed by atoms with Crippen LogP contribution in [0.2, 0.25) is 0 Å². The van der Waals surface area contributed by atoms with Gasteiger partial charge in [-0.25, -0.2) is 13.6 Å². The van der Waals surface area contributed by atoms with Gasteiger partial charge in [-0.15, -0.1) is 0 Å². The van der Waals surface area contributed by atoms with Gasteiger partial charge in [0, 0.05) is 0 Å². The number of hydrogen-bond donors (Lipinski definition) is 1. The van der Waals surface area contributed by atoms with Crippen molar-refractivity contribution in [3.05, 3.63) is 29.8 Å². The van der Waals surface area contributed by atoms with Crippen molar-refractivity contribution in [3.8, 4) is 0 Å². The van der Waals surface area contributed by atoms with Crippen LogP contribution < -0.4 is 5.14 Å². The van der Waals surface area contributed by atoms with Crippen LogP contribution in [0.4, 0.5) is 0 Å². The van der Waals surface area contributed by atoms with E-state index in [-0.39, 0.29) is 4.90 Å². The van der Waals surface area contributed by atoms with E-state index in [4.69, 9.17) is 5.14 Å². The third kappa shape index (κ3) is 1.78. The molecule has 0 aliphatic carbocycles. The minimum atomic E-state index is -3.56. The lowest BCUT2D eigenvalue weighted by molar-refractivity contribution is 0.597. The average molecular weight is 170 g/mol. The highest BCUT2D eigenvalue weighted by atomic mass is 32.2. The molecule has 0 unspecified atom stereocenters. The third-order valence-corrected chi connectivity index (χ3v) is 2.38. The lowest BCUT2D eigenvalue weighted by atomic mass is 10.2. The van der Waals surface area contributed by atoms with Crippen molar-refractivity contribution in [3.63, 3.8) is 0 Å². The monoisotopic (exact) mass is 170 g/mol. The largest absolute Gasteiger partial charge is 0.238 e. The van der Waals surface area contributed by atoms with Crippen molar-refractivity contribution in [2.75, 3.05) is 0 Å². The van der Waals surface area contributed by atoms with Gasteiger partial charge in [0.1, 0.15) is 0 Å². The first-order valence-electron chi connectivity index (χ1n) is 3.02. The predicted molar refractivity (Wildman–Crippen MR) is 41.4 cm³/mol. The van der Waals surface area contributed by atoms with Gasteiger partial charge >= 0.3 is 0 Å². The second kappa shape index (κ2) is 2.64. The first-order chi connectivity index (χ1) is 5.02. The molecule has 1 rings (SSSR count). The molecule has 2 N–H and O–H groups in total. The average Bonchev–Trinajstić information content (AvgIpc) is 1.86. The summed E-state index contributed by atoms with van der Waals surface area (Å²) >= 11 is 0. The summed E-state index contributed by atoms with van der Waals surface area (Å²) in [5.74, 6) is 0. The van der Waals surface area contributed by atoms with E-state index in [1.165, 1.54) is 6.07 Å². The maximum atomic E-state index is 10.8. The first kappa shape index (κ1) is 8.23. The molecule has 0 atom stereocenters. The van der Waals surface area contributed by atoms with E-state index < -0.39 is 10.0 Å². The Morgan fingerprint density at radius 2 is 2.18 bits per heavy atom. The zero-order valence-corrected chi connectivity index (χ0v) is 6.85. The van der Waals surface area contributed by atoms with Crippen LogP contribution in [-0.4, -0.2) is 8.42 Å². The maximum absolute atomic E-state index is 10.8. The lowest BCUT2D eigenvalue weighted by Gasteiger charge is -1.99. The summed E-state index contributed by atoms with van der Waals surface area (Å²) in [4.78, 5) is 0.139. The molecule has 0 fully saturated rings. The predicted octanol–water partition coefficient (Wildman–Crippen LogP) is 0.443. The van der Waals surface area contributed by atoms with Gasteiger partial charge in [-0.05, 0) is 24.6 Å². The number of aryl methyl sites for hydroxylation is 1. The Morgan fingerprint density at radius 3 is 2.55 bits per heavy atom. The summed E-state index contributed by atoms with van der Waals surface area (Å²) in [6.45, 7) is 1.65. The van der Waals surface area contributed by atoms with Crippen molar-refractivity contribution in [1.29, 1.82) is 0 Å². The number of rotatable bonds is 1. The van der Waals surface area contributed by atoms with Crippen LogP contribution >= 0.6 is 0 Å². The number of nitrogens with two attached hydrogens (primary N) is 1. The first-order valence-corrected chi connectivity index (χ1v) is 4.56. The Bertz CT molecular complexity index is 356. The highest BCUT2D eigenvalue weighted by Crippen LogP contribution is 2.10. The van der Waals surface area contributed by atoms with E-state index >= 15 is 0 Å². The molecule has 1 aromatic carbocycles. The molecule has 0 aliphatic rings. The van der Waals surface area contributed by atoms with Gasteiger partial charge in [0.15, 0.2) is 0 Å². The topological polar surface area (TPSA) is 60.2 Å². The van der Waals surface area contributed by atoms with Crippen molar-refractivity contribution < 1.29 is 8.42 Å². The van der Waals surface area contributed by atoms with E-state index in [1.54, 1.807) is 19.1 Å². The third-order valence-electron chi connectivity index (χ3n) is 1.32. The van der Waals surface area contributed by atoms with Crippen LogP contribution in [0, 0.1) is 13.0 Å². The van der Waals surface area contributed by atoms with E-state index in [0.717, 1.165) is 0 Å². The van der Waals surface area contributed by atoms with Gasteiger partial charge in [0.05, 0.1) is 4.90 Å². The van der Waals surface area contributed by atoms with Crippen LogP contribution in [0.15, 0.2) is 23.1 Å². The molecule has 1 radical (unpaired) electrons. The highest BCUT2D eigenvalue weighted by Gasteiger charge is 2.08. The van der Waals surface area contributed by atoms with Crippen LogP contribution in [0.5, 0.6) is 0 Å².